The van der Waals surface area contributed by atoms with Gasteiger partial charge in [0.15, 0.2) is 5.96 Å². The fourth-order valence-electron chi connectivity index (χ4n) is 2.56. The molecule has 0 aliphatic carbocycles. The van der Waals surface area contributed by atoms with E-state index in [4.69, 9.17) is 0 Å². The Bertz CT molecular complexity index is 480. The van der Waals surface area contributed by atoms with Crippen molar-refractivity contribution in [3.8, 4) is 0 Å². The predicted octanol–water partition coefficient (Wildman–Crippen LogP) is 1.97. The van der Waals surface area contributed by atoms with Crippen molar-refractivity contribution in [2.75, 3.05) is 45.5 Å². The second-order valence-electron chi connectivity index (χ2n) is 6.65. The average Bonchev–Trinajstić information content (AvgIpc) is 2.82. The molecule has 0 unspecified atom stereocenters. The van der Waals surface area contributed by atoms with Gasteiger partial charge in [-0.1, -0.05) is 13.8 Å². The molecule has 23 heavy (non-hydrogen) atoms. The highest BCUT2D eigenvalue weighted by molar-refractivity contribution is 14.0. The van der Waals surface area contributed by atoms with Crippen LogP contribution in [0.3, 0.4) is 0 Å². The number of guanidine groups is 1. The zero-order valence-corrected chi connectivity index (χ0v) is 18.3. The van der Waals surface area contributed by atoms with Gasteiger partial charge >= 0.3 is 0 Å². The SMILES string of the molecule is CCNC(=NCCCN(C)S(=O)(=O)CC)N1CCC(C)(C)C1.I. The molecule has 138 valence electrons. The van der Waals surface area contributed by atoms with Gasteiger partial charge in [-0.05, 0) is 32.1 Å². The summed E-state index contributed by atoms with van der Waals surface area (Å²) in [5.41, 5.74) is 0.339. The highest BCUT2D eigenvalue weighted by Gasteiger charge is 2.30. The van der Waals surface area contributed by atoms with Crippen molar-refractivity contribution in [3.63, 3.8) is 0 Å². The highest BCUT2D eigenvalue weighted by Crippen LogP contribution is 2.28. The van der Waals surface area contributed by atoms with Crippen LogP contribution in [0.4, 0.5) is 0 Å². The fourth-order valence-corrected chi connectivity index (χ4v) is 3.40. The Kier molecular flexibility index (Phi) is 9.99. The van der Waals surface area contributed by atoms with E-state index in [1.54, 1.807) is 14.0 Å². The molecule has 0 atom stereocenters. The molecule has 0 radical (unpaired) electrons. The van der Waals surface area contributed by atoms with Gasteiger partial charge in [-0.2, -0.15) is 0 Å². The lowest BCUT2D eigenvalue weighted by atomic mass is 9.93. The normalized spacial score (nSPS) is 18.2. The summed E-state index contributed by atoms with van der Waals surface area (Å²) in [7, 11) is -1.45. The van der Waals surface area contributed by atoms with Crippen LogP contribution in [-0.4, -0.2) is 69.1 Å². The van der Waals surface area contributed by atoms with E-state index in [-0.39, 0.29) is 29.7 Å². The molecule has 0 aromatic rings. The molecule has 0 aromatic heterocycles. The number of rotatable bonds is 7. The van der Waals surface area contributed by atoms with Crippen molar-refractivity contribution in [3.05, 3.63) is 0 Å². The Hall–Kier alpha value is -0.0900. The smallest absolute Gasteiger partial charge is 0.213 e. The Labute approximate surface area is 159 Å². The molecule has 0 amide bonds. The van der Waals surface area contributed by atoms with E-state index in [2.05, 4.69) is 36.0 Å². The summed E-state index contributed by atoms with van der Waals surface area (Å²) in [4.78, 5) is 6.95. The molecule has 1 fully saturated rings. The number of nitrogens with zero attached hydrogens (tertiary/aromatic N) is 3. The molecular weight excluding hydrogens is 427 g/mol. The average molecular weight is 460 g/mol. The van der Waals surface area contributed by atoms with Crippen molar-refractivity contribution in [2.45, 2.75) is 40.5 Å². The molecule has 6 nitrogen and oxygen atoms in total. The molecule has 1 aliphatic heterocycles. The number of sulfonamides is 1. The van der Waals surface area contributed by atoms with Gasteiger partial charge in [0.25, 0.3) is 0 Å². The number of hydrogen-bond acceptors (Lipinski definition) is 3. The summed E-state index contributed by atoms with van der Waals surface area (Å²) in [5, 5.41) is 3.34. The number of nitrogens with one attached hydrogen (secondary N) is 1. The van der Waals surface area contributed by atoms with E-state index in [0.29, 0.717) is 18.5 Å². The van der Waals surface area contributed by atoms with Crippen molar-refractivity contribution < 1.29 is 8.42 Å². The minimum absolute atomic E-state index is 0. The largest absolute Gasteiger partial charge is 0.357 e. The minimum Gasteiger partial charge on any atom is -0.357 e. The Balaban J connectivity index is 0.00000484. The van der Waals surface area contributed by atoms with Crippen LogP contribution in [0, 0.1) is 5.41 Å². The van der Waals surface area contributed by atoms with Gasteiger partial charge in [0.1, 0.15) is 0 Å². The van der Waals surface area contributed by atoms with Crippen LogP contribution in [0.25, 0.3) is 0 Å². The second kappa shape index (κ2) is 10.0. The third-order valence-electron chi connectivity index (χ3n) is 4.04. The fraction of sp³-hybridized carbons (Fsp3) is 0.933. The van der Waals surface area contributed by atoms with Gasteiger partial charge in [-0.3, -0.25) is 4.99 Å². The number of hydrogen-bond donors (Lipinski definition) is 1. The first kappa shape index (κ1) is 22.9. The topological polar surface area (TPSA) is 65.0 Å². The monoisotopic (exact) mass is 460 g/mol. The second-order valence-corrected chi connectivity index (χ2v) is 9.01. The van der Waals surface area contributed by atoms with Crippen LogP contribution in [0.5, 0.6) is 0 Å². The summed E-state index contributed by atoms with van der Waals surface area (Å²) in [6.45, 7) is 12.3. The predicted molar refractivity (Wildman–Crippen MR) is 108 cm³/mol. The van der Waals surface area contributed by atoms with Crippen LogP contribution < -0.4 is 5.32 Å². The molecule has 0 saturated carbocycles. The molecule has 1 aliphatic rings. The summed E-state index contributed by atoms with van der Waals surface area (Å²) < 4.78 is 24.8. The summed E-state index contributed by atoms with van der Waals surface area (Å²) in [5.74, 6) is 1.10. The van der Waals surface area contributed by atoms with Crippen LogP contribution >= 0.6 is 24.0 Å². The third kappa shape index (κ3) is 7.55. The highest BCUT2D eigenvalue weighted by atomic mass is 127. The maximum atomic E-state index is 11.7. The van der Waals surface area contributed by atoms with Crippen LogP contribution in [-0.2, 0) is 10.0 Å². The van der Waals surface area contributed by atoms with Crippen molar-refractivity contribution >= 4 is 40.0 Å². The van der Waals surface area contributed by atoms with E-state index in [1.807, 2.05) is 0 Å². The molecular formula is C15H33IN4O2S. The lowest BCUT2D eigenvalue weighted by molar-refractivity contribution is 0.370. The van der Waals surface area contributed by atoms with E-state index >= 15 is 0 Å². The van der Waals surface area contributed by atoms with Crippen molar-refractivity contribution in [1.29, 1.82) is 0 Å². The summed E-state index contributed by atoms with van der Waals surface area (Å²) in [6, 6.07) is 0. The Morgan fingerprint density at radius 3 is 2.48 bits per heavy atom. The first-order valence-electron chi connectivity index (χ1n) is 8.19. The number of halogens is 1. The molecule has 0 aromatic carbocycles. The molecule has 1 N–H and O–H groups in total. The van der Waals surface area contributed by atoms with Crippen LogP contribution in [0.1, 0.15) is 40.5 Å². The van der Waals surface area contributed by atoms with E-state index in [9.17, 15) is 8.42 Å². The quantitative estimate of drug-likeness (QED) is 0.273. The van der Waals surface area contributed by atoms with Crippen LogP contribution in [0.2, 0.25) is 0 Å². The lowest BCUT2D eigenvalue weighted by Crippen LogP contribution is -2.41. The van der Waals surface area contributed by atoms with Crippen molar-refractivity contribution in [1.82, 2.24) is 14.5 Å². The third-order valence-corrected chi connectivity index (χ3v) is 5.91. The van der Waals surface area contributed by atoms with Gasteiger partial charge in [0, 0.05) is 39.8 Å². The first-order chi connectivity index (χ1) is 10.2. The maximum absolute atomic E-state index is 11.7. The van der Waals surface area contributed by atoms with Crippen LogP contribution in [0.15, 0.2) is 4.99 Å². The molecule has 1 heterocycles. The van der Waals surface area contributed by atoms with E-state index in [0.717, 1.165) is 32.0 Å². The van der Waals surface area contributed by atoms with E-state index < -0.39 is 10.0 Å². The molecule has 1 saturated heterocycles. The van der Waals surface area contributed by atoms with Gasteiger partial charge in [0.2, 0.25) is 10.0 Å². The van der Waals surface area contributed by atoms with E-state index in [1.165, 1.54) is 10.7 Å². The molecule has 8 heteroatoms. The zero-order valence-electron chi connectivity index (χ0n) is 15.1. The minimum atomic E-state index is -3.08. The first-order valence-corrected chi connectivity index (χ1v) is 9.80. The standard InChI is InChI=1S/C15H32N4O2S.HI/c1-6-16-14(19-12-9-15(3,4)13-19)17-10-8-11-18(5)22(20,21)7-2;/h6-13H2,1-5H3,(H,16,17);1H. The lowest BCUT2D eigenvalue weighted by Gasteiger charge is -2.23. The molecule has 0 spiro atoms. The van der Waals surface area contributed by atoms with Gasteiger partial charge in [0.05, 0.1) is 5.75 Å². The summed E-state index contributed by atoms with van der Waals surface area (Å²) >= 11 is 0. The van der Waals surface area contributed by atoms with Gasteiger partial charge in [-0.15, -0.1) is 24.0 Å². The zero-order chi connectivity index (χ0) is 16.8. The number of aliphatic imine (C=N–C) groups is 1. The number of likely N-dealkylation sites (tertiary alicyclic amines) is 1. The molecule has 0 bridgehead atoms. The van der Waals surface area contributed by atoms with Gasteiger partial charge in [-0.25, -0.2) is 12.7 Å². The summed E-state index contributed by atoms with van der Waals surface area (Å²) in [6.07, 6.45) is 1.91. The van der Waals surface area contributed by atoms with Crippen molar-refractivity contribution in [2.24, 2.45) is 10.4 Å². The van der Waals surface area contributed by atoms with Gasteiger partial charge < -0.3 is 10.2 Å². The Morgan fingerprint density at radius 1 is 1.35 bits per heavy atom. The molecule has 1 rings (SSSR count). The maximum Gasteiger partial charge on any atom is 0.213 e. The Morgan fingerprint density at radius 2 is 2.00 bits per heavy atom.